The largest absolute Gasteiger partial charge is 0.396 e. The van der Waals surface area contributed by atoms with Crippen LogP contribution < -0.4 is 5.32 Å². The fourth-order valence-electron chi connectivity index (χ4n) is 2.39. The van der Waals surface area contributed by atoms with Crippen LogP contribution >= 0.6 is 11.8 Å². The molecule has 1 heterocycles. The Labute approximate surface area is 118 Å². The molecule has 2 rings (SSSR count). The first-order valence-corrected chi connectivity index (χ1v) is 7.77. The second kappa shape index (κ2) is 6.25. The van der Waals surface area contributed by atoms with Crippen LogP contribution in [-0.4, -0.2) is 24.0 Å². The lowest BCUT2D eigenvalue weighted by Crippen LogP contribution is -2.34. The molecule has 0 saturated carbocycles. The summed E-state index contributed by atoms with van der Waals surface area (Å²) < 4.78 is 13.8. The highest BCUT2D eigenvalue weighted by molar-refractivity contribution is 7.99. The molecule has 2 nitrogen and oxygen atoms in total. The average molecular weight is 283 g/mol. The quantitative estimate of drug-likeness (QED) is 0.869. The normalized spacial score (nSPS) is 19.3. The van der Waals surface area contributed by atoms with Crippen molar-refractivity contribution in [3.63, 3.8) is 0 Å². The number of thioether (sulfide) groups is 1. The summed E-state index contributed by atoms with van der Waals surface area (Å²) >= 11 is 1.61. The summed E-state index contributed by atoms with van der Waals surface area (Å²) in [6.45, 7) is 5.32. The van der Waals surface area contributed by atoms with Crippen molar-refractivity contribution in [2.75, 3.05) is 18.9 Å². The van der Waals surface area contributed by atoms with E-state index in [2.05, 4.69) is 19.2 Å². The van der Waals surface area contributed by atoms with Gasteiger partial charge in [-0.25, -0.2) is 4.39 Å². The first kappa shape index (κ1) is 14.8. The summed E-state index contributed by atoms with van der Waals surface area (Å²) in [4.78, 5) is 0.797. The Bertz CT molecular complexity index is 436. The Morgan fingerprint density at radius 1 is 1.47 bits per heavy atom. The van der Waals surface area contributed by atoms with Crippen LogP contribution in [0.3, 0.4) is 0 Å². The van der Waals surface area contributed by atoms with Gasteiger partial charge in [-0.05, 0) is 35.6 Å². The molecule has 1 aliphatic heterocycles. The van der Waals surface area contributed by atoms with Crippen LogP contribution in [0.5, 0.6) is 0 Å². The van der Waals surface area contributed by atoms with Gasteiger partial charge in [-0.3, -0.25) is 0 Å². The molecule has 4 heteroatoms. The van der Waals surface area contributed by atoms with Gasteiger partial charge in [0.05, 0.1) is 0 Å². The van der Waals surface area contributed by atoms with Crippen molar-refractivity contribution in [2.24, 2.45) is 5.41 Å². The third kappa shape index (κ3) is 3.71. The minimum Gasteiger partial charge on any atom is -0.396 e. The minimum absolute atomic E-state index is 0.0623. The molecule has 2 N–H and O–H groups in total. The van der Waals surface area contributed by atoms with E-state index < -0.39 is 0 Å². The van der Waals surface area contributed by atoms with E-state index in [4.69, 9.17) is 5.11 Å². The van der Waals surface area contributed by atoms with E-state index in [9.17, 15) is 4.39 Å². The van der Waals surface area contributed by atoms with Gasteiger partial charge in [-0.15, -0.1) is 11.8 Å². The van der Waals surface area contributed by atoms with Gasteiger partial charge in [-0.1, -0.05) is 26.0 Å². The van der Waals surface area contributed by atoms with Crippen molar-refractivity contribution in [1.29, 1.82) is 0 Å². The van der Waals surface area contributed by atoms with E-state index in [0.29, 0.717) is 0 Å². The highest BCUT2D eigenvalue weighted by Crippen LogP contribution is 2.38. The van der Waals surface area contributed by atoms with Crippen molar-refractivity contribution < 1.29 is 9.50 Å². The number of nitrogens with one attached hydrogen (secondary N) is 1. The van der Waals surface area contributed by atoms with Gasteiger partial charge in [0.15, 0.2) is 0 Å². The number of fused-ring (bicyclic) bond motifs is 1. The smallest absolute Gasteiger partial charge is 0.137 e. The Morgan fingerprint density at radius 2 is 2.26 bits per heavy atom. The predicted molar refractivity (Wildman–Crippen MR) is 78.0 cm³/mol. The zero-order chi connectivity index (χ0) is 13.9. The maximum absolute atomic E-state index is 13.8. The highest BCUT2D eigenvalue weighted by atomic mass is 32.2. The topological polar surface area (TPSA) is 32.3 Å². The Kier molecular flexibility index (Phi) is 4.87. The van der Waals surface area contributed by atoms with Gasteiger partial charge < -0.3 is 10.4 Å². The first-order chi connectivity index (χ1) is 9.03. The number of hydrogen-bond acceptors (Lipinski definition) is 3. The summed E-state index contributed by atoms with van der Waals surface area (Å²) in [5.41, 5.74) is 1.14. The van der Waals surface area contributed by atoms with Gasteiger partial charge in [-0.2, -0.15) is 0 Å². The first-order valence-electron chi connectivity index (χ1n) is 6.79. The molecule has 1 unspecified atom stereocenters. The van der Waals surface area contributed by atoms with E-state index in [-0.39, 0.29) is 23.9 Å². The van der Waals surface area contributed by atoms with Gasteiger partial charge >= 0.3 is 0 Å². The van der Waals surface area contributed by atoms with Crippen LogP contribution in [0.2, 0.25) is 0 Å². The molecule has 19 heavy (non-hydrogen) atoms. The second-order valence-electron chi connectivity index (χ2n) is 5.87. The average Bonchev–Trinajstić information content (AvgIpc) is 2.37. The van der Waals surface area contributed by atoms with E-state index >= 15 is 0 Å². The summed E-state index contributed by atoms with van der Waals surface area (Å²) in [7, 11) is 0. The van der Waals surface area contributed by atoms with Crippen LogP contribution in [0.4, 0.5) is 4.39 Å². The Balaban J connectivity index is 2.06. The molecule has 0 aliphatic carbocycles. The maximum Gasteiger partial charge on any atom is 0.137 e. The zero-order valence-corrected chi connectivity index (χ0v) is 12.4. The van der Waals surface area contributed by atoms with Crippen molar-refractivity contribution in [2.45, 2.75) is 37.6 Å². The fourth-order valence-corrected chi connectivity index (χ4v) is 3.53. The summed E-state index contributed by atoms with van der Waals surface area (Å²) in [5.74, 6) is 0.843. The van der Waals surface area contributed by atoms with Crippen molar-refractivity contribution in [3.8, 4) is 0 Å². The molecule has 1 aromatic carbocycles. The van der Waals surface area contributed by atoms with Gasteiger partial charge in [0, 0.05) is 24.1 Å². The molecule has 0 amide bonds. The van der Waals surface area contributed by atoms with E-state index in [0.717, 1.165) is 35.6 Å². The summed E-state index contributed by atoms with van der Waals surface area (Å²) in [6.07, 6.45) is 1.80. The fraction of sp³-hybridized carbons (Fsp3) is 0.600. The number of rotatable bonds is 5. The van der Waals surface area contributed by atoms with Gasteiger partial charge in [0.1, 0.15) is 5.82 Å². The van der Waals surface area contributed by atoms with Crippen LogP contribution in [0, 0.1) is 11.2 Å². The molecule has 0 bridgehead atoms. The van der Waals surface area contributed by atoms with Crippen LogP contribution in [0.25, 0.3) is 0 Å². The lowest BCUT2D eigenvalue weighted by Gasteiger charge is -2.31. The molecule has 1 aromatic rings. The van der Waals surface area contributed by atoms with E-state index in [1.54, 1.807) is 17.8 Å². The highest BCUT2D eigenvalue weighted by Gasteiger charge is 2.25. The second-order valence-corrected chi connectivity index (χ2v) is 6.97. The van der Waals surface area contributed by atoms with E-state index in [1.807, 2.05) is 6.07 Å². The molecule has 0 fully saturated rings. The number of benzene rings is 1. The van der Waals surface area contributed by atoms with Crippen LogP contribution in [0.1, 0.15) is 38.3 Å². The monoisotopic (exact) mass is 283 g/mol. The lowest BCUT2D eigenvalue weighted by atomic mass is 9.89. The van der Waals surface area contributed by atoms with Crippen molar-refractivity contribution >= 4 is 11.8 Å². The standard InChI is InChI=1S/C15H22FNOS/c1-15(2,7-8-18)10-17-13-6-9-19-14-11(13)4-3-5-12(14)16/h3-5,13,17-18H,6-10H2,1-2H3. The molecule has 0 saturated heterocycles. The number of halogens is 1. The molecule has 0 radical (unpaired) electrons. The van der Waals surface area contributed by atoms with Crippen LogP contribution in [-0.2, 0) is 0 Å². The molecular formula is C15H22FNOS. The number of aliphatic hydroxyl groups excluding tert-OH is 1. The van der Waals surface area contributed by atoms with Gasteiger partial charge in [0.2, 0.25) is 0 Å². The molecule has 0 aromatic heterocycles. The van der Waals surface area contributed by atoms with Crippen molar-refractivity contribution in [1.82, 2.24) is 5.32 Å². The van der Waals surface area contributed by atoms with Crippen LogP contribution in [0.15, 0.2) is 23.1 Å². The number of hydrogen-bond donors (Lipinski definition) is 2. The molecule has 106 valence electrons. The predicted octanol–water partition coefficient (Wildman–Crippen LogP) is 3.36. The zero-order valence-electron chi connectivity index (χ0n) is 11.6. The molecular weight excluding hydrogens is 261 g/mol. The maximum atomic E-state index is 13.8. The van der Waals surface area contributed by atoms with Crippen molar-refractivity contribution in [3.05, 3.63) is 29.6 Å². The Morgan fingerprint density at radius 3 is 3.00 bits per heavy atom. The Hall–Kier alpha value is -0.580. The summed E-state index contributed by atoms with van der Waals surface area (Å²) in [6, 6.07) is 5.56. The third-order valence-electron chi connectivity index (χ3n) is 3.64. The molecule has 0 spiro atoms. The summed E-state index contributed by atoms with van der Waals surface area (Å²) in [5, 5.41) is 12.6. The minimum atomic E-state index is -0.108. The van der Waals surface area contributed by atoms with E-state index in [1.165, 1.54) is 6.07 Å². The molecule has 1 atom stereocenters. The van der Waals surface area contributed by atoms with Gasteiger partial charge in [0.25, 0.3) is 0 Å². The number of aliphatic hydroxyl groups is 1. The third-order valence-corrected chi connectivity index (χ3v) is 4.80. The molecule has 1 aliphatic rings. The lowest BCUT2D eigenvalue weighted by molar-refractivity contribution is 0.202. The SMILES string of the molecule is CC(C)(CCO)CNC1CCSc2c(F)cccc21.